The van der Waals surface area contributed by atoms with Crippen molar-refractivity contribution in [1.82, 2.24) is 9.03 Å². The van der Waals surface area contributed by atoms with Crippen molar-refractivity contribution in [1.29, 1.82) is 0 Å². The van der Waals surface area contributed by atoms with E-state index in [0.29, 0.717) is 25.6 Å². The lowest BCUT2D eigenvalue weighted by Gasteiger charge is -2.21. The van der Waals surface area contributed by atoms with Gasteiger partial charge in [-0.15, -0.1) is 0 Å². The van der Waals surface area contributed by atoms with Gasteiger partial charge >= 0.3 is 0 Å². The summed E-state index contributed by atoms with van der Waals surface area (Å²) in [6.45, 7) is 7.33. The number of rotatable bonds is 9. The third kappa shape index (κ3) is 5.61. The van der Waals surface area contributed by atoms with Crippen LogP contribution < -0.4 is 4.72 Å². The second kappa shape index (κ2) is 8.44. The van der Waals surface area contributed by atoms with Crippen molar-refractivity contribution < 1.29 is 8.42 Å². The maximum absolute atomic E-state index is 11.8. The van der Waals surface area contributed by atoms with Crippen molar-refractivity contribution in [3.8, 4) is 0 Å². The lowest BCUT2D eigenvalue weighted by molar-refractivity contribution is 0.420. The molecule has 6 heteroatoms. The zero-order chi connectivity index (χ0) is 12.6. The Morgan fingerprint density at radius 2 is 1.81 bits per heavy atom. The van der Waals surface area contributed by atoms with Crippen molar-refractivity contribution in [2.45, 2.75) is 33.6 Å². The Hall–Kier alpha value is 0.350. The van der Waals surface area contributed by atoms with E-state index in [1.807, 2.05) is 13.8 Å². The van der Waals surface area contributed by atoms with E-state index >= 15 is 0 Å². The van der Waals surface area contributed by atoms with E-state index < -0.39 is 10.2 Å². The van der Waals surface area contributed by atoms with Gasteiger partial charge in [-0.05, 0) is 12.3 Å². The van der Waals surface area contributed by atoms with Gasteiger partial charge in [0.1, 0.15) is 0 Å². The van der Waals surface area contributed by atoms with E-state index in [9.17, 15) is 8.42 Å². The van der Waals surface area contributed by atoms with Crippen LogP contribution in [-0.2, 0) is 10.2 Å². The maximum Gasteiger partial charge on any atom is 0.279 e. The third-order valence-corrected chi connectivity index (χ3v) is 4.88. The van der Waals surface area contributed by atoms with Crippen LogP contribution in [0, 0.1) is 5.92 Å². The first-order valence-electron chi connectivity index (χ1n) is 5.82. The molecule has 0 heterocycles. The van der Waals surface area contributed by atoms with Gasteiger partial charge in [-0.3, -0.25) is 0 Å². The summed E-state index contributed by atoms with van der Waals surface area (Å²) >= 11 is 3.38. The summed E-state index contributed by atoms with van der Waals surface area (Å²) in [7, 11) is -3.28. The van der Waals surface area contributed by atoms with E-state index in [-0.39, 0.29) is 0 Å². The molecular formula is C10H23BrN2O2S. The van der Waals surface area contributed by atoms with Crippen LogP contribution in [-0.4, -0.2) is 37.7 Å². The van der Waals surface area contributed by atoms with Crippen LogP contribution in [0.3, 0.4) is 0 Å². The van der Waals surface area contributed by atoms with Gasteiger partial charge in [0.15, 0.2) is 0 Å². The molecule has 0 bridgehead atoms. The lowest BCUT2D eigenvalue weighted by Crippen LogP contribution is -2.42. The first-order valence-corrected chi connectivity index (χ1v) is 8.38. The molecule has 1 N–H and O–H groups in total. The highest BCUT2D eigenvalue weighted by Crippen LogP contribution is 2.09. The highest BCUT2D eigenvalue weighted by Gasteiger charge is 2.19. The predicted octanol–water partition coefficient (Wildman–Crippen LogP) is 1.97. The number of halogens is 1. The second-order valence-electron chi connectivity index (χ2n) is 3.69. The number of nitrogens with zero attached hydrogens (tertiary/aromatic N) is 1. The van der Waals surface area contributed by atoms with Gasteiger partial charge in [0.2, 0.25) is 0 Å². The van der Waals surface area contributed by atoms with Gasteiger partial charge in [0, 0.05) is 25.0 Å². The molecule has 0 fully saturated rings. The summed E-state index contributed by atoms with van der Waals surface area (Å²) in [6.07, 6.45) is 1.99. The van der Waals surface area contributed by atoms with Crippen LogP contribution in [0.4, 0.5) is 0 Å². The van der Waals surface area contributed by atoms with Crippen molar-refractivity contribution >= 4 is 26.1 Å². The summed E-state index contributed by atoms with van der Waals surface area (Å²) < 4.78 is 27.8. The van der Waals surface area contributed by atoms with Crippen LogP contribution in [0.25, 0.3) is 0 Å². The minimum atomic E-state index is -3.28. The molecule has 0 saturated carbocycles. The van der Waals surface area contributed by atoms with Gasteiger partial charge in [-0.25, -0.2) is 4.72 Å². The highest BCUT2D eigenvalue weighted by atomic mass is 79.9. The Labute approximate surface area is 108 Å². The molecule has 1 atom stereocenters. The topological polar surface area (TPSA) is 49.4 Å². The summed E-state index contributed by atoms with van der Waals surface area (Å²) in [5.41, 5.74) is 0. The van der Waals surface area contributed by atoms with E-state index in [4.69, 9.17) is 0 Å². The molecule has 0 aliphatic heterocycles. The second-order valence-corrected chi connectivity index (χ2v) is 6.24. The van der Waals surface area contributed by atoms with Gasteiger partial charge < -0.3 is 0 Å². The van der Waals surface area contributed by atoms with Crippen molar-refractivity contribution in [3.05, 3.63) is 0 Å². The fourth-order valence-corrected chi connectivity index (χ4v) is 3.44. The van der Waals surface area contributed by atoms with Gasteiger partial charge in [0.05, 0.1) is 0 Å². The van der Waals surface area contributed by atoms with Crippen molar-refractivity contribution in [2.75, 3.05) is 25.0 Å². The monoisotopic (exact) mass is 314 g/mol. The predicted molar refractivity (Wildman–Crippen MR) is 72.0 cm³/mol. The smallest absolute Gasteiger partial charge is 0.202 e. The summed E-state index contributed by atoms with van der Waals surface area (Å²) in [6, 6.07) is 0. The van der Waals surface area contributed by atoms with Crippen LogP contribution in [0.15, 0.2) is 0 Å². The van der Waals surface area contributed by atoms with Crippen LogP contribution >= 0.6 is 15.9 Å². The fraction of sp³-hybridized carbons (Fsp3) is 1.00. The van der Waals surface area contributed by atoms with Crippen molar-refractivity contribution in [3.63, 3.8) is 0 Å². The minimum absolute atomic E-state index is 0.407. The third-order valence-electron chi connectivity index (χ3n) is 2.69. The molecule has 4 nitrogen and oxygen atoms in total. The van der Waals surface area contributed by atoms with Crippen LogP contribution in [0.1, 0.15) is 33.6 Å². The maximum atomic E-state index is 11.8. The summed E-state index contributed by atoms with van der Waals surface area (Å²) in [5.74, 6) is 0.407. The SMILES string of the molecule is CCC(CCBr)CNS(=O)(=O)N(CC)CC. The molecule has 16 heavy (non-hydrogen) atoms. The first-order chi connectivity index (χ1) is 7.51. The van der Waals surface area contributed by atoms with E-state index in [2.05, 4.69) is 27.6 Å². The molecule has 0 amide bonds. The van der Waals surface area contributed by atoms with Crippen LogP contribution in [0.2, 0.25) is 0 Å². The lowest BCUT2D eigenvalue weighted by atomic mass is 10.0. The Kier molecular flexibility index (Phi) is 8.63. The first kappa shape index (κ1) is 16.4. The molecule has 0 saturated heterocycles. The molecule has 0 radical (unpaired) electrons. The summed E-state index contributed by atoms with van der Waals surface area (Å²) in [5, 5.41) is 0.915. The normalized spacial score (nSPS) is 14.3. The minimum Gasteiger partial charge on any atom is -0.202 e. The fourth-order valence-electron chi connectivity index (χ4n) is 1.48. The quantitative estimate of drug-likeness (QED) is 0.661. The standard InChI is InChI=1S/C10H23BrN2O2S/c1-4-10(7-8-11)9-12-16(14,15)13(5-2)6-3/h10,12H,4-9H2,1-3H3. The highest BCUT2D eigenvalue weighted by molar-refractivity contribution is 9.09. The molecule has 0 aliphatic rings. The molecular weight excluding hydrogens is 292 g/mol. The molecule has 98 valence electrons. The average Bonchev–Trinajstić information content (AvgIpc) is 2.25. The zero-order valence-electron chi connectivity index (χ0n) is 10.4. The Morgan fingerprint density at radius 3 is 2.19 bits per heavy atom. The number of hydrogen-bond acceptors (Lipinski definition) is 2. The summed E-state index contributed by atoms with van der Waals surface area (Å²) in [4.78, 5) is 0. The molecule has 0 spiro atoms. The van der Waals surface area contributed by atoms with Crippen molar-refractivity contribution in [2.24, 2.45) is 5.92 Å². The molecule has 0 aromatic carbocycles. The molecule has 0 aromatic rings. The average molecular weight is 315 g/mol. The number of nitrogens with one attached hydrogen (secondary N) is 1. The Balaban J connectivity index is 4.26. The van der Waals surface area contributed by atoms with Gasteiger partial charge in [-0.1, -0.05) is 43.1 Å². The molecule has 0 aromatic heterocycles. The number of alkyl halides is 1. The van der Waals surface area contributed by atoms with Crippen LogP contribution in [0.5, 0.6) is 0 Å². The van der Waals surface area contributed by atoms with Gasteiger partial charge in [-0.2, -0.15) is 12.7 Å². The number of hydrogen-bond donors (Lipinski definition) is 1. The van der Waals surface area contributed by atoms with E-state index in [1.54, 1.807) is 0 Å². The largest absolute Gasteiger partial charge is 0.279 e. The molecule has 0 aliphatic carbocycles. The molecule has 0 rings (SSSR count). The van der Waals surface area contributed by atoms with Gasteiger partial charge in [0.25, 0.3) is 10.2 Å². The molecule has 1 unspecified atom stereocenters. The Morgan fingerprint density at radius 1 is 1.25 bits per heavy atom. The Bertz CT molecular complexity index is 266. The zero-order valence-corrected chi connectivity index (χ0v) is 12.8. The van der Waals surface area contributed by atoms with E-state index in [0.717, 1.165) is 18.2 Å². The van der Waals surface area contributed by atoms with E-state index in [1.165, 1.54) is 4.31 Å².